The zero-order valence-electron chi connectivity index (χ0n) is 9.76. The molecule has 1 rings (SSSR count). The largest absolute Gasteiger partial charge is 0.341 e. The van der Waals surface area contributed by atoms with Gasteiger partial charge in [-0.05, 0) is 32.2 Å². The summed E-state index contributed by atoms with van der Waals surface area (Å²) in [4.78, 5) is 13.8. The number of amides is 1. The lowest BCUT2D eigenvalue weighted by molar-refractivity contribution is -0.134. The van der Waals surface area contributed by atoms with Gasteiger partial charge in [0, 0.05) is 13.1 Å². The first kappa shape index (κ1) is 11.5. The maximum atomic E-state index is 11.8. The van der Waals surface area contributed by atoms with E-state index >= 15 is 0 Å². The molecule has 0 aliphatic carbocycles. The van der Waals surface area contributed by atoms with Crippen molar-refractivity contribution in [1.29, 1.82) is 0 Å². The lowest BCUT2D eigenvalue weighted by Crippen LogP contribution is -2.48. The molecule has 1 saturated heterocycles. The van der Waals surface area contributed by atoms with Gasteiger partial charge in [-0.2, -0.15) is 0 Å². The van der Waals surface area contributed by atoms with Crippen LogP contribution in [0.5, 0.6) is 0 Å². The van der Waals surface area contributed by atoms with Gasteiger partial charge in [0.1, 0.15) is 0 Å². The highest BCUT2D eigenvalue weighted by Crippen LogP contribution is 2.29. The van der Waals surface area contributed by atoms with Crippen molar-refractivity contribution in [3.8, 4) is 0 Å². The Morgan fingerprint density at radius 2 is 1.86 bits per heavy atom. The Bertz CT molecular complexity index is 203. The number of carbonyl (C=O) groups is 1. The molecular weight excluding hydrogens is 176 g/mol. The number of nitrogens with one attached hydrogen (secondary N) is 1. The predicted molar refractivity (Wildman–Crippen MR) is 58.1 cm³/mol. The van der Waals surface area contributed by atoms with E-state index in [1.807, 2.05) is 18.9 Å². The molecule has 0 spiro atoms. The molecule has 0 aromatic rings. The van der Waals surface area contributed by atoms with E-state index in [2.05, 4.69) is 19.2 Å². The van der Waals surface area contributed by atoms with Crippen LogP contribution in [0, 0.1) is 5.41 Å². The Morgan fingerprint density at radius 1 is 1.36 bits per heavy atom. The van der Waals surface area contributed by atoms with E-state index in [0.717, 1.165) is 25.9 Å². The molecule has 0 aromatic carbocycles. The summed E-state index contributed by atoms with van der Waals surface area (Å²) in [5.41, 5.74) is 0.416. The number of piperidine rings is 1. The van der Waals surface area contributed by atoms with Crippen molar-refractivity contribution in [2.45, 2.75) is 39.7 Å². The van der Waals surface area contributed by atoms with Gasteiger partial charge in [-0.25, -0.2) is 0 Å². The first-order valence-corrected chi connectivity index (χ1v) is 5.42. The van der Waals surface area contributed by atoms with E-state index < -0.39 is 0 Å². The predicted octanol–water partition coefficient (Wildman–Crippen LogP) is 1.24. The number of nitrogens with zero attached hydrogens (tertiary/aromatic N) is 1. The highest BCUT2D eigenvalue weighted by atomic mass is 16.2. The quantitative estimate of drug-likeness (QED) is 0.724. The van der Waals surface area contributed by atoms with Crippen LogP contribution >= 0.6 is 0 Å². The molecule has 0 saturated carbocycles. The number of likely N-dealkylation sites (N-methyl/N-ethyl adjacent to an activating group) is 1. The maximum Gasteiger partial charge on any atom is 0.239 e. The van der Waals surface area contributed by atoms with Crippen LogP contribution in [0.4, 0.5) is 0 Å². The smallest absolute Gasteiger partial charge is 0.239 e. The molecule has 3 heteroatoms. The van der Waals surface area contributed by atoms with Crippen molar-refractivity contribution in [1.82, 2.24) is 10.2 Å². The van der Waals surface area contributed by atoms with E-state index in [1.54, 1.807) is 0 Å². The normalized spacial score (nSPS) is 23.3. The molecular formula is C11H22N2O. The Morgan fingerprint density at radius 3 is 2.29 bits per heavy atom. The van der Waals surface area contributed by atoms with E-state index in [4.69, 9.17) is 0 Å². The first-order valence-electron chi connectivity index (χ1n) is 5.42. The number of rotatable bonds is 2. The fraction of sp³-hybridized carbons (Fsp3) is 0.909. The highest BCUT2D eigenvalue weighted by molar-refractivity contribution is 5.81. The number of hydrogen-bond acceptors (Lipinski definition) is 2. The summed E-state index contributed by atoms with van der Waals surface area (Å²) >= 11 is 0. The van der Waals surface area contributed by atoms with Gasteiger partial charge in [0.25, 0.3) is 0 Å². The maximum absolute atomic E-state index is 11.8. The van der Waals surface area contributed by atoms with E-state index in [-0.39, 0.29) is 11.9 Å². The van der Waals surface area contributed by atoms with Gasteiger partial charge in [0.05, 0.1) is 6.04 Å². The molecule has 1 aliphatic rings. The van der Waals surface area contributed by atoms with Crippen LogP contribution in [0.1, 0.15) is 33.6 Å². The van der Waals surface area contributed by atoms with Crippen molar-refractivity contribution in [2.75, 3.05) is 20.1 Å². The molecule has 1 fully saturated rings. The van der Waals surface area contributed by atoms with Crippen molar-refractivity contribution >= 4 is 5.91 Å². The van der Waals surface area contributed by atoms with Crippen LogP contribution in [0.25, 0.3) is 0 Å². The zero-order valence-corrected chi connectivity index (χ0v) is 9.76. The van der Waals surface area contributed by atoms with Gasteiger partial charge < -0.3 is 10.2 Å². The Kier molecular flexibility index (Phi) is 3.53. The molecule has 1 aliphatic heterocycles. The summed E-state index contributed by atoms with van der Waals surface area (Å²) in [5, 5.41) is 2.99. The average Bonchev–Trinajstić information content (AvgIpc) is 2.15. The summed E-state index contributed by atoms with van der Waals surface area (Å²) in [6.45, 7) is 8.30. The third kappa shape index (κ3) is 2.71. The van der Waals surface area contributed by atoms with Crippen LogP contribution in [-0.2, 0) is 4.79 Å². The molecule has 0 unspecified atom stereocenters. The summed E-state index contributed by atoms with van der Waals surface area (Å²) < 4.78 is 0. The topological polar surface area (TPSA) is 32.3 Å². The molecule has 3 nitrogen and oxygen atoms in total. The Hall–Kier alpha value is -0.570. The fourth-order valence-corrected chi connectivity index (χ4v) is 1.73. The van der Waals surface area contributed by atoms with Gasteiger partial charge in [-0.1, -0.05) is 13.8 Å². The second-order valence-electron chi connectivity index (χ2n) is 5.00. The van der Waals surface area contributed by atoms with E-state index in [0.29, 0.717) is 5.41 Å². The van der Waals surface area contributed by atoms with E-state index in [1.165, 1.54) is 0 Å². The minimum absolute atomic E-state index is 0.0452. The third-order valence-corrected chi connectivity index (χ3v) is 3.23. The Balaban J connectivity index is 2.46. The first-order chi connectivity index (χ1) is 6.46. The van der Waals surface area contributed by atoms with Crippen molar-refractivity contribution in [3.63, 3.8) is 0 Å². The van der Waals surface area contributed by atoms with Gasteiger partial charge >= 0.3 is 0 Å². The number of hydrogen-bond donors (Lipinski definition) is 1. The van der Waals surface area contributed by atoms with Gasteiger partial charge in [-0.15, -0.1) is 0 Å². The molecule has 1 N–H and O–H groups in total. The van der Waals surface area contributed by atoms with Gasteiger partial charge in [0.2, 0.25) is 5.91 Å². The average molecular weight is 198 g/mol. The monoisotopic (exact) mass is 198 g/mol. The minimum atomic E-state index is -0.0452. The molecule has 0 aromatic heterocycles. The molecule has 0 radical (unpaired) electrons. The van der Waals surface area contributed by atoms with Gasteiger partial charge in [-0.3, -0.25) is 4.79 Å². The van der Waals surface area contributed by atoms with E-state index in [9.17, 15) is 4.79 Å². The van der Waals surface area contributed by atoms with Crippen molar-refractivity contribution < 1.29 is 4.79 Å². The van der Waals surface area contributed by atoms with Crippen LogP contribution in [-0.4, -0.2) is 37.0 Å². The number of carbonyl (C=O) groups excluding carboxylic acids is 1. The minimum Gasteiger partial charge on any atom is -0.341 e. The zero-order chi connectivity index (χ0) is 10.8. The molecule has 1 amide bonds. The standard InChI is InChI=1S/C11H22N2O/c1-9(12-4)10(14)13-7-5-11(2,3)6-8-13/h9,12H,5-8H2,1-4H3/t9-/m0/s1. The third-order valence-electron chi connectivity index (χ3n) is 3.23. The fourth-order valence-electron chi connectivity index (χ4n) is 1.73. The number of likely N-dealkylation sites (tertiary alicyclic amines) is 1. The molecule has 1 heterocycles. The van der Waals surface area contributed by atoms with Crippen LogP contribution in [0.2, 0.25) is 0 Å². The molecule has 1 atom stereocenters. The summed E-state index contributed by atoms with van der Waals surface area (Å²) in [6.07, 6.45) is 2.24. The second-order valence-corrected chi connectivity index (χ2v) is 5.00. The van der Waals surface area contributed by atoms with Crippen LogP contribution in [0.3, 0.4) is 0 Å². The SMILES string of the molecule is CN[C@@H](C)C(=O)N1CCC(C)(C)CC1. The van der Waals surface area contributed by atoms with Crippen LogP contribution < -0.4 is 5.32 Å². The molecule has 82 valence electrons. The lowest BCUT2D eigenvalue weighted by atomic mass is 9.82. The second kappa shape index (κ2) is 4.30. The summed E-state index contributed by atoms with van der Waals surface area (Å²) in [7, 11) is 1.83. The molecule has 0 bridgehead atoms. The highest BCUT2D eigenvalue weighted by Gasteiger charge is 2.29. The van der Waals surface area contributed by atoms with Crippen LogP contribution in [0.15, 0.2) is 0 Å². The lowest BCUT2D eigenvalue weighted by Gasteiger charge is -2.37. The van der Waals surface area contributed by atoms with Crippen molar-refractivity contribution in [2.24, 2.45) is 5.41 Å². The molecule has 14 heavy (non-hydrogen) atoms. The van der Waals surface area contributed by atoms with Crippen molar-refractivity contribution in [3.05, 3.63) is 0 Å². The Labute approximate surface area is 86.9 Å². The summed E-state index contributed by atoms with van der Waals surface area (Å²) in [5.74, 6) is 0.239. The summed E-state index contributed by atoms with van der Waals surface area (Å²) in [6, 6.07) is -0.0452. The van der Waals surface area contributed by atoms with Gasteiger partial charge in [0.15, 0.2) is 0 Å².